The highest BCUT2D eigenvalue weighted by molar-refractivity contribution is 4.84. The first-order valence-corrected chi connectivity index (χ1v) is 4.93. The smallest absolute Gasteiger partial charge is 0.0948 e. The van der Waals surface area contributed by atoms with Gasteiger partial charge in [-0.15, -0.1) is 0 Å². The van der Waals surface area contributed by atoms with E-state index >= 15 is 0 Å². The molecule has 0 aromatic rings. The summed E-state index contributed by atoms with van der Waals surface area (Å²) in [4.78, 5) is 2.30. The molecule has 2 atom stereocenters. The molecule has 76 valence electrons. The van der Waals surface area contributed by atoms with E-state index in [1.807, 2.05) is 0 Å². The molecule has 4 heteroatoms. The van der Waals surface area contributed by atoms with E-state index in [4.69, 9.17) is 4.74 Å². The van der Waals surface area contributed by atoms with Gasteiger partial charge >= 0.3 is 0 Å². The van der Waals surface area contributed by atoms with Gasteiger partial charge in [-0.1, -0.05) is 0 Å². The van der Waals surface area contributed by atoms with Crippen LogP contribution in [0.5, 0.6) is 0 Å². The Bertz CT molecular complexity index is 171. The molecule has 0 bridgehead atoms. The largest absolute Gasteiger partial charge is 0.389 e. The SMILES string of the molecule is CN1CC(CNC2COCC2O)C1. The third kappa shape index (κ3) is 2.20. The van der Waals surface area contributed by atoms with Crippen molar-refractivity contribution in [3.63, 3.8) is 0 Å². The normalized spacial score (nSPS) is 36.5. The maximum absolute atomic E-state index is 9.45. The van der Waals surface area contributed by atoms with Crippen LogP contribution in [0.15, 0.2) is 0 Å². The first-order chi connectivity index (χ1) is 6.25. The van der Waals surface area contributed by atoms with E-state index in [2.05, 4.69) is 17.3 Å². The van der Waals surface area contributed by atoms with Crippen LogP contribution >= 0.6 is 0 Å². The Balaban J connectivity index is 1.62. The molecular weight excluding hydrogens is 168 g/mol. The van der Waals surface area contributed by atoms with E-state index in [1.165, 1.54) is 13.1 Å². The fraction of sp³-hybridized carbons (Fsp3) is 1.00. The summed E-state index contributed by atoms with van der Waals surface area (Å²) in [5, 5.41) is 12.8. The lowest BCUT2D eigenvalue weighted by Gasteiger charge is -2.37. The minimum atomic E-state index is -0.308. The fourth-order valence-electron chi connectivity index (χ4n) is 2.01. The second-order valence-electron chi connectivity index (χ2n) is 4.21. The average molecular weight is 186 g/mol. The summed E-state index contributed by atoms with van der Waals surface area (Å²) >= 11 is 0. The standard InChI is InChI=1S/C9H18N2O2/c1-11-3-7(4-11)2-10-8-5-13-6-9(8)12/h7-10,12H,2-6H2,1H3. The van der Waals surface area contributed by atoms with Crippen molar-refractivity contribution < 1.29 is 9.84 Å². The minimum absolute atomic E-state index is 0.158. The number of rotatable bonds is 3. The van der Waals surface area contributed by atoms with Gasteiger partial charge in [0.25, 0.3) is 0 Å². The predicted octanol–water partition coefficient (Wildman–Crippen LogP) is -1.10. The number of ether oxygens (including phenoxy) is 1. The molecule has 0 aromatic carbocycles. The molecule has 2 rings (SSSR count). The molecule has 0 amide bonds. The van der Waals surface area contributed by atoms with Gasteiger partial charge in [-0.2, -0.15) is 0 Å². The summed E-state index contributed by atoms with van der Waals surface area (Å²) in [5.74, 6) is 0.762. The van der Waals surface area contributed by atoms with Gasteiger partial charge in [0.15, 0.2) is 0 Å². The highest BCUT2D eigenvalue weighted by atomic mass is 16.5. The molecule has 0 aliphatic carbocycles. The molecule has 0 aromatic heterocycles. The molecule has 0 spiro atoms. The number of hydrogen-bond acceptors (Lipinski definition) is 4. The van der Waals surface area contributed by atoms with E-state index in [-0.39, 0.29) is 12.1 Å². The van der Waals surface area contributed by atoms with E-state index in [1.54, 1.807) is 0 Å². The quantitative estimate of drug-likeness (QED) is 0.587. The monoisotopic (exact) mass is 186 g/mol. The van der Waals surface area contributed by atoms with Crippen LogP contribution < -0.4 is 5.32 Å². The first-order valence-electron chi connectivity index (χ1n) is 4.93. The third-order valence-electron chi connectivity index (χ3n) is 2.86. The lowest BCUT2D eigenvalue weighted by atomic mass is 10.0. The summed E-state index contributed by atoms with van der Waals surface area (Å²) in [6.45, 7) is 4.51. The summed E-state index contributed by atoms with van der Waals surface area (Å²) in [6.07, 6.45) is -0.308. The van der Waals surface area contributed by atoms with Crippen LogP contribution in [0.4, 0.5) is 0 Å². The van der Waals surface area contributed by atoms with Crippen molar-refractivity contribution in [3.8, 4) is 0 Å². The van der Waals surface area contributed by atoms with Gasteiger partial charge in [0.05, 0.1) is 25.4 Å². The van der Waals surface area contributed by atoms with E-state index in [0.717, 1.165) is 12.5 Å². The summed E-state index contributed by atoms with van der Waals surface area (Å²) < 4.78 is 5.15. The molecule has 2 unspecified atom stereocenters. The molecular formula is C9H18N2O2. The molecule has 0 radical (unpaired) electrons. The summed E-state index contributed by atoms with van der Waals surface area (Å²) in [7, 11) is 2.13. The fourth-order valence-corrected chi connectivity index (χ4v) is 2.01. The number of aliphatic hydroxyl groups excluding tert-OH is 1. The van der Waals surface area contributed by atoms with Crippen molar-refractivity contribution in [2.24, 2.45) is 5.92 Å². The maximum Gasteiger partial charge on any atom is 0.0948 e. The summed E-state index contributed by atoms with van der Waals surface area (Å²) in [5.41, 5.74) is 0. The molecule has 2 heterocycles. The molecule has 2 N–H and O–H groups in total. The molecule has 2 aliphatic rings. The van der Waals surface area contributed by atoms with Gasteiger partial charge in [-0.25, -0.2) is 0 Å². The Morgan fingerprint density at radius 2 is 2.23 bits per heavy atom. The van der Waals surface area contributed by atoms with Crippen molar-refractivity contribution in [2.75, 3.05) is 39.9 Å². The zero-order valence-electron chi connectivity index (χ0n) is 8.07. The van der Waals surface area contributed by atoms with E-state index in [9.17, 15) is 5.11 Å². The number of hydrogen-bond donors (Lipinski definition) is 2. The van der Waals surface area contributed by atoms with Crippen molar-refractivity contribution >= 4 is 0 Å². The van der Waals surface area contributed by atoms with Crippen LogP contribution in [0.3, 0.4) is 0 Å². The Kier molecular flexibility index (Phi) is 2.83. The molecule has 0 saturated carbocycles. The highest BCUT2D eigenvalue weighted by Gasteiger charge is 2.28. The lowest BCUT2D eigenvalue weighted by molar-refractivity contribution is 0.111. The molecule has 2 saturated heterocycles. The van der Waals surface area contributed by atoms with Crippen LogP contribution in [0, 0.1) is 5.92 Å². The number of aliphatic hydroxyl groups is 1. The maximum atomic E-state index is 9.45. The first kappa shape index (κ1) is 9.40. The van der Waals surface area contributed by atoms with Crippen LogP contribution in [-0.2, 0) is 4.74 Å². The molecule has 13 heavy (non-hydrogen) atoms. The second kappa shape index (κ2) is 3.92. The average Bonchev–Trinajstić information content (AvgIpc) is 2.43. The van der Waals surface area contributed by atoms with Crippen LogP contribution in [0.1, 0.15) is 0 Å². The van der Waals surface area contributed by atoms with Crippen LogP contribution in [0.2, 0.25) is 0 Å². The van der Waals surface area contributed by atoms with Crippen LogP contribution in [-0.4, -0.2) is 62.0 Å². The van der Waals surface area contributed by atoms with Gasteiger partial charge in [-0.05, 0) is 13.0 Å². The molecule has 2 aliphatic heterocycles. The van der Waals surface area contributed by atoms with Gasteiger partial charge in [-0.3, -0.25) is 0 Å². The number of likely N-dealkylation sites (tertiary alicyclic amines) is 1. The van der Waals surface area contributed by atoms with Crippen molar-refractivity contribution in [2.45, 2.75) is 12.1 Å². The third-order valence-corrected chi connectivity index (χ3v) is 2.86. The summed E-state index contributed by atoms with van der Waals surface area (Å²) in [6, 6.07) is 0.158. The van der Waals surface area contributed by atoms with E-state index < -0.39 is 0 Å². The van der Waals surface area contributed by atoms with E-state index in [0.29, 0.717) is 13.2 Å². The Labute approximate surface area is 78.9 Å². The Morgan fingerprint density at radius 3 is 2.77 bits per heavy atom. The zero-order valence-corrected chi connectivity index (χ0v) is 8.07. The van der Waals surface area contributed by atoms with Gasteiger partial charge in [0.1, 0.15) is 0 Å². The molecule has 2 fully saturated rings. The van der Waals surface area contributed by atoms with Crippen LogP contribution in [0.25, 0.3) is 0 Å². The van der Waals surface area contributed by atoms with Crippen molar-refractivity contribution in [1.82, 2.24) is 10.2 Å². The lowest BCUT2D eigenvalue weighted by Crippen LogP contribution is -2.51. The second-order valence-corrected chi connectivity index (χ2v) is 4.21. The topological polar surface area (TPSA) is 44.7 Å². The number of nitrogens with one attached hydrogen (secondary N) is 1. The predicted molar refractivity (Wildman–Crippen MR) is 49.6 cm³/mol. The van der Waals surface area contributed by atoms with Gasteiger partial charge in [0, 0.05) is 19.6 Å². The number of nitrogens with zero attached hydrogens (tertiary/aromatic N) is 1. The molecule has 4 nitrogen and oxygen atoms in total. The van der Waals surface area contributed by atoms with Gasteiger partial charge < -0.3 is 20.1 Å². The Morgan fingerprint density at radius 1 is 1.46 bits per heavy atom. The Hall–Kier alpha value is -0.160. The highest BCUT2D eigenvalue weighted by Crippen LogP contribution is 2.12. The zero-order chi connectivity index (χ0) is 9.26. The van der Waals surface area contributed by atoms with Gasteiger partial charge in [0.2, 0.25) is 0 Å². The van der Waals surface area contributed by atoms with Crippen molar-refractivity contribution in [1.29, 1.82) is 0 Å². The van der Waals surface area contributed by atoms with Crippen molar-refractivity contribution in [3.05, 3.63) is 0 Å². The minimum Gasteiger partial charge on any atom is -0.389 e.